The first-order valence-corrected chi connectivity index (χ1v) is 24.6. The predicted octanol–water partition coefficient (Wildman–Crippen LogP) is 4.50. The Hall–Kier alpha value is -6.61. The number of carbonyl (C=O) groups is 6. The van der Waals surface area contributed by atoms with Crippen LogP contribution >= 0.6 is 0 Å². The van der Waals surface area contributed by atoms with Crippen molar-refractivity contribution >= 4 is 51.9 Å². The summed E-state index contributed by atoms with van der Waals surface area (Å²) in [7, 11) is 0. The van der Waals surface area contributed by atoms with Gasteiger partial charge in [-0.2, -0.15) is 5.10 Å². The minimum absolute atomic E-state index is 0.0386. The quantitative estimate of drug-likeness (QED) is 0.0420. The van der Waals surface area contributed by atoms with E-state index in [-0.39, 0.29) is 42.2 Å². The Bertz CT molecular complexity index is 2820. The smallest absolute Gasteiger partial charge is 0.264 e. The van der Waals surface area contributed by atoms with E-state index >= 15 is 0 Å². The average Bonchev–Trinajstić information content (AvgIpc) is 4.06. The molecule has 382 valence electrons. The van der Waals surface area contributed by atoms with Gasteiger partial charge in [-0.15, -0.1) is 0 Å². The van der Waals surface area contributed by atoms with Gasteiger partial charge in [0, 0.05) is 64.5 Å². The van der Waals surface area contributed by atoms with Crippen LogP contribution in [0.15, 0.2) is 60.9 Å². The molecular weight excluding hydrogens is 927 g/mol. The fourth-order valence-corrected chi connectivity index (χ4v) is 9.37. The highest BCUT2D eigenvalue weighted by molar-refractivity contribution is 6.25. The Morgan fingerprint density at radius 2 is 1.42 bits per heavy atom. The Kier molecular flexibility index (Phi) is 17.1. The molecule has 0 spiro atoms. The summed E-state index contributed by atoms with van der Waals surface area (Å²) in [5, 5.41) is 13.7. The van der Waals surface area contributed by atoms with Gasteiger partial charge in [0.25, 0.3) is 11.8 Å². The van der Waals surface area contributed by atoms with Crippen molar-refractivity contribution in [1.29, 1.82) is 0 Å². The first-order valence-electron chi connectivity index (χ1n) is 24.6. The van der Waals surface area contributed by atoms with Gasteiger partial charge in [-0.05, 0) is 72.4 Å². The number of hydrogen-bond acceptors (Lipinski definition) is 14. The van der Waals surface area contributed by atoms with E-state index in [9.17, 15) is 28.8 Å². The van der Waals surface area contributed by atoms with Crippen LogP contribution in [0, 0.1) is 6.92 Å². The molecule has 4 N–H and O–H groups in total. The van der Waals surface area contributed by atoms with Crippen molar-refractivity contribution in [2.75, 3.05) is 97.7 Å². The monoisotopic (exact) mass is 989 g/mol. The lowest BCUT2D eigenvalue weighted by molar-refractivity contribution is -0.136. The van der Waals surface area contributed by atoms with Crippen molar-refractivity contribution in [3.63, 3.8) is 0 Å². The zero-order valence-electron chi connectivity index (χ0n) is 41.3. The number of rotatable bonds is 27. The van der Waals surface area contributed by atoms with Crippen LogP contribution in [0.25, 0.3) is 22.0 Å². The van der Waals surface area contributed by atoms with Crippen LogP contribution in [0.4, 0.5) is 5.69 Å². The van der Waals surface area contributed by atoms with E-state index in [0.29, 0.717) is 98.1 Å². The van der Waals surface area contributed by atoms with Crippen molar-refractivity contribution in [2.45, 2.75) is 65.0 Å². The number of aromatic amines is 1. The number of carbonyl (C=O) groups excluding carboxylic acids is 6. The van der Waals surface area contributed by atoms with Crippen LogP contribution in [0.5, 0.6) is 0 Å². The molecule has 1 unspecified atom stereocenters. The molecule has 19 heteroatoms. The highest BCUT2D eigenvalue weighted by Crippen LogP contribution is 2.46. The zero-order chi connectivity index (χ0) is 50.8. The van der Waals surface area contributed by atoms with Gasteiger partial charge in [0.15, 0.2) is 5.78 Å². The lowest BCUT2D eigenvalue weighted by atomic mass is 9.70. The summed E-state index contributed by atoms with van der Waals surface area (Å²) >= 11 is 0. The third kappa shape index (κ3) is 11.7. The highest BCUT2D eigenvalue weighted by Gasteiger charge is 2.46. The number of aryl methyl sites for hydroxylation is 2. The standard InChI is InChI=1S/C53H63N7O12/c1-5-34-28-39-40(53(3,4)49-47(48(39)63)36-10-9-33(2)27-42(36)57-49)29-38(34)35-30-56-59(31-35)32-45(62)55-14-16-68-18-20-70-22-24-72-26-25-71-23-21-69-19-17-67-15-13-54-41-8-6-7-37-46(41)52(66)60(51(37)65)43-11-12-44(61)58-50(43)64/h6-10,27-31,43,54,57H,5,11-26,32H2,1-4H3,(H,55,62)(H,58,61,64). The number of aromatic nitrogens is 3. The molecule has 3 aliphatic rings. The minimum atomic E-state index is -1.02. The van der Waals surface area contributed by atoms with E-state index in [1.54, 1.807) is 29.1 Å². The van der Waals surface area contributed by atoms with Gasteiger partial charge in [0.2, 0.25) is 17.7 Å². The normalized spacial score (nSPS) is 16.0. The zero-order valence-corrected chi connectivity index (χ0v) is 41.3. The molecule has 2 aromatic heterocycles. The van der Waals surface area contributed by atoms with E-state index in [2.05, 4.69) is 58.9 Å². The Labute approximate surface area is 417 Å². The summed E-state index contributed by atoms with van der Waals surface area (Å²) < 4.78 is 35.1. The molecule has 1 atom stereocenters. The van der Waals surface area contributed by atoms with Crippen LogP contribution < -0.4 is 16.0 Å². The maximum absolute atomic E-state index is 14.0. The fraction of sp³-hybridized carbons (Fsp3) is 0.453. The highest BCUT2D eigenvalue weighted by atomic mass is 16.6. The third-order valence-corrected chi connectivity index (χ3v) is 13.1. The molecule has 0 saturated carbocycles. The van der Waals surface area contributed by atoms with Gasteiger partial charge in [-0.3, -0.25) is 43.7 Å². The second-order valence-electron chi connectivity index (χ2n) is 18.3. The Morgan fingerprint density at radius 1 is 0.764 bits per heavy atom. The van der Waals surface area contributed by atoms with E-state index in [0.717, 1.165) is 66.9 Å². The number of ketones is 1. The SMILES string of the molecule is CCc1cc2c(cc1-c1cnn(CC(=O)NCCOCCOCCOCCOCCOCCOCCNc3cccc4c3C(=O)N(C3CCC(=O)NC3=O)C4=O)c1)C(C)(C)c1[nH]c3cc(C)ccc3c1C2=O. The molecule has 4 heterocycles. The van der Waals surface area contributed by atoms with Crippen LogP contribution in [0.1, 0.15) is 92.6 Å². The van der Waals surface area contributed by atoms with Gasteiger partial charge in [0.05, 0.1) is 102 Å². The van der Waals surface area contributed by atoms with E-state index in [4.69, 9.17) is 28.4 Å². The number of amides is 5. The summed E-state index contributed by atoms with van der Waals surface area (Å²) in [4.78, 5) is 81.4. The number of ether oxygens (including phenoxy) is 6. The Morgan fingerprint density at radius 3 is 2.07 bits per heavy atom. The summed E-state index contributed by atoms with van der Waals surface area (Å²) in [6, 6.07) is 14.2. The second-order valence-corrected chi connectivity index (χ2v) is 18.3. The summed E-state index contributed by atoms with van der Waals surface area (Å²) in [6.07, 6.45) is 4.53. The molecule has 5 amide bonds. The van der Waals surface area contributed by atoms with Crippen LogP contribution in [0.3, 0.4) is 0 Å². The number of H-pyrrole nitrogens is 1. The maximum Gasteiger partial charge on any atom is 0.264 e. The van der Waals surface area contributed by atoms with Crippen molar-refractivity contribution in [2.24, 2.45) is 0 Å². The maximum atomic E-state index is 14.0. The van der Waals surface area contributed by atoms with Crippen molar-refractivity contribution < 1.29 is 57.2 Å². The van der Waals surface area contributed by atoms with Crippen LogP contribution in [-0.4, -0.2) is 153 Å². The first kappa shape index (κ1) is 51.7. The Balaban J connectivity index is 0.615. The molecule has 0 radical (unpaired) electrons. The van der Waals surface area contributed by atoms with Crippen molar-refractivity contribution in [1.82, 2.24) is 30.3 Å². The number of nitrogens with zero attached hydrogens (tertiary/aromatic N) is 3. The van der Waals surface area contributed by atoms with Gasteiger partial charge in [-0.25, -0.2) is 0 Å². The van der Waals surface area contributed by atoms with Crippen molar-refractivity contribution in [3.05, 3.63) is 106 Å². The number of fused-ring (bicyclic) bond motifs is 5. The van der Waals surface area contributed by atoms with Crippen LogP contribution in [0.2, 0.25) is 0 Å². The number of anilines is 1. The molecule has 72 heavy (non-hydrogen) atoms. The van der Waals surface area contributed by atoms with Crippen LogP contribution in [-0.2, 0) is 61.2 Å². The first-order chi connectivity index (χ1) is 34.9. The predicted molar refractivity (Wildman–Crippen MR) is 265 cm³/mol. The summed E-state index contributed by atoms with van der Waals surface area (Å²) in [5.74, 6) is -2.34. The molecule has 2 aliphatic heterocycles. The lowest BCUT2D eigenvalue weighted by Gasteiger charge is -2.33. The molecule has 1 saturated heterocycles. The molecule has 3 aromatic carbocycles. The van der Waals surface area contributed by atoms with Gasteiger partial charge in [0.1, 0.15) is 12.6 Å². The van der Waals surface area contributed by atoms with E-state index in [1.807, 2.05) is 31.3 Å². The van der Waals surface area contributed by atoms with E-state index < -0.39 is 35.1 Å². The number of benzene rings is 3. The topological polar surface area (TPSA) is 231 Å². The largest absolute Gasteiger partial charge is 0.382 e. The van der Waals surface area contributed by atoms with Gasteiger partial charge < -0.3 is 44.0 Å². The summed E-state index contributed by atoms with van der Waals surface area (Å²) in [6.45, 7) is 13.8. The lowest BCUT2D eigenvalue weighted by Crippen LogP contribution is -2.54. The third-order valence-electron chi connectivity index (χ3n) is 13.1. The molecule has 5 aromatic rings. The molecule has 1 aliphatic carbocycles. The molecule has 19 nitrogen and oxygen atoms in total. The number of imide groups is 2. The summed E-state index contributed by atoms with van der Waals surface area (Å²) in [5.41, 5.74) is 8.85. The van der Waals surface area contributed by atoms with Gasteiger partial charge in [-0.1, -0.05) is 39.0 Å². The fourth-order valence-electron chi connectivity index (χ4n) is 9.37. The number of hydrogen-bond donors (Lipinski definition) is 4. The van der Waals surface area contributed by atoms with Crippen molar-refractivity contribution in [3.8, 4) is 11.1 Å². The number of piperidine rings is 1. The van der Waals surface area contributed by atoms with E-state index in [1.165, 1.54) is 0 Å². The molecule has 1 fully saturated rings. The second kappa shape index (κ2) is 23.7. The molecule has 0 bridgehead atoms. The molecular formula is C53H63N7O12. The van der Waals surface area contributed by atoms with Gasteiger partial charge >= 0.3 is 0 Å². The molecule has 8 rings (SSSR count). The average molecular weight is 990 g/mol. The number of nitrogens with one attached hydrogen (secondary N) is 4. The minimum Gasteiger partial charge on any atom is -0.382 e.